The van der Waals surface area contributed by atoms with Gasteiger partial charge in [0, 0.05) is 16.7 Å². The maximum Gasteiger partial charge on any atom is 0.335 e. The Labute approximate surface area is 127 Å². The number of benzene rings is 2. The molecule has 0 fully saturated rings. The summed E-state index contributed by atoms with van der Waals surface area (Å²) in [7, 11) is 0. The molecule has 0 spiro atoms. The fraction of sp³-hybridized carbons (Fsp3) is 0.0625. The summed E-state index contributed by atoms with van der Waals surface area (Å²) < 4.78 is 0. The number of allylic oxidation sites excluding steroid dienone is 1. The van der Waals surface area contributed by atoms with Crippen molar-refractivity contribution in [3.8, 4) is 5.69 Å². The van der Waals surface area contributed by atoms with E-state index in [2.05, 4.69) is 15.4 Å². The Morgan fingerprint density at radius 3 is 2.71 bits per heavy atom. The summed E-state index contributed by atoms with van der Waals surface area (Å²) >= 11 is 5.98. The number of nitrogens with zero attached hydrogens (tertiary/aromatic N) is 3. The summed E-state index contributed by atoms with van der Waals surface area (Å²) in [6, 6.07) is 17.5. The number of hydrogen-bond acceptors (Lipinski definition) is 2. The standard InChI is InChI=1S/C16H13ClN4/c1-12(10-13-6-3-2-4-7-13)16-18-20-21(19-16)15-9-5-8-14(17)11-15/h2-11H,1H3/p+1/b12-10+. The van der Waals surface area contributed by atoms with E-state index >= 15 is 0 Å². The summed E-state index contributed by atoms with van der Waals surface area (Å²) in [5.74, 6) is 0.652. The normalized spacial score (nSPS) is 11.6. The lowest BCUT2D eigenvalue weighted by atomic mass is 10.1. The van der Waals surface area contributed by atoms with Gasteiger partial charge in [-0.2, -0.15) is 0 Å². The van der Waals surface area contributed by atoms with Gasteiger partial charge in [0.1, 0.15) is 0 Å². The SMILES string of the molecule is C/C(=C\c1ccccc1)c1n[nH][n+](-c2cccc(Cl)c2)n1. The van der Waals surface area contributed by atoms with Gasteiger partial charge in [-0.15, -0.1) is 0 Å². The first-order valence-electron chi connectivity index (χ1n) is 6.57. The number of aromatic amines is 1. The van der Waals surface area contributed by atoms with E-state index in [9.17, 15) is 0 Å². The van der Waals surface area contributed by atoms with Crippen molar-refractivity contribution in [2.75, 3.05) is 0 Å². The molecule has 104 valence electrons. The highest BCUT2D eigenvalue weighted by Gasteiger charge is 2.15. The number of aromatic nitrogens is 4. The first-order valence-corrected chi connectivity index (χ1v) is 6.94. The molecular weight excluding hydrogens is 284 g/mol. The van der Waals surface area contributed by atoms with Crippen LogP contribution in [0.5, 0.6) is 0 Å². The number of hydrogen-bond donors (Lipinski definition) is 1. The van der Waals surface area contributed by atoms with Gasteiger partial charge in [-0.25, -0.2) is 0 Å². The van der Waals surface area contributed by atoms with E-state index in [-0.39, 0.29) is 0 Å². The highest BCUT2D eigenvalue weighted by atomic mass is 35.5. The average molecular weight is 298 g/mol. The minimum absolute atomic E-state index is 0.652. The van der Waals surface area contributed by atoms with Crippen LogP contribution in [0.1, 0.15) is 18.3 Å². The third kappa shape index (κ3) is 3.17. The average Bonchev–Trinajstić information content (AvgIpc) is 2.98. The molecule has 21 heavy (non-hydrogen) atoms. The van der Waals surface area contributed by atoms with E-state index in [1.807, 2.05) is 67.6 Å². The third-order valence-electron chi connectivity index (χ3n) is 3.03. The van der Waals surface area contributed by atoms with Crippen molar-refractivity contribution in [3.05, 3.63) is 71.0 Å². The first kappa shape index (κ1) is 13.5. The fourth-order valence-electron chi connectivity index (χ4n) is 1.99. The van der Waals surface area contributed by atoms with Gasteiger partial charge >= 0.3 is 5.82 Å². The first-order chi connectivity index (χ1) is 10.2. The Bertz CT molecular complexity index is 778. The van der Waals surface area contributed by atoms with Crippen LogP contribution in [-0.2, 0) is 0 Å². The molecule has 0 bridgehead atoms. The number of nitrogens with one attached hydrogen (secondary N) is 1. The monoisotopic (exact) mass is 297 g/mol. The predicted molar refractivity (Wildman–Crippen MR) is 82.9 cm³/mol. The van der Waals surface area contributed by atoms with Gasteiger partial charge in [-0.1, -0.05) is 48.0 Å². The van der Waals surface area contributed by atoms with Crippen LogP contribution in [0, 0.1) is 0 Å². The molecule has 2 aromatic carbocycles. The van der Waals surface area contributed by atoms with E-state index < -0.39 is 0 Å². The summed E-state index contributed by atoms with van der Waals surface area (Å²) in [5.41, 5.74) is 2.95. The largest absolute Gasteiger partial charge is 0.335 e. The van der Waals surface area contributed by atoms with E-state index in [1.54, 1.807) is 4.80 Å². The van der Waals surface area contributed by atoms with Crippen LogP contribution in [0.15, 0.2) is 54.6 Å². The molecule has 0 saturated carbocycles. The van der Waals surface area contributed by atoms with E-state index in [4.69, 9.17) is 11.6 Å². The minimum Gasteiger partial charge on any atom is -0.0842 e. The minimum atomic E-state index is 0.652. The van der Waals surface area contributed by atoms with Gasteiger partial charge < -0.3 is 0 Å². The van der Waals surface area contributed by atoms with Crippen molar-refractivity contribution in [3.63, 3.8) is 0 Å². The van der Waals surface area contributed by atoms with E-state index in [1.165, 1.54) is 0 Å². The molecule has 3 rings (SSSR count). The Morgan fingerprint density at radius 1 is 1.14 bits per heavy atom. The molecule has 1 heterocycles. The second-order valence-electron chi connectivity index (χ2n) is 4.67. The molecule has 0 amide bonds. The van der Waals surface area contributed by atoms with Crippen molar-refractivity contribution in [2.24, 2.45) is 0 Å². The highest BCUT2D eigenvalue weighted by Crippen LogP contribution is 2.13. The van der Waals surface area contributed by atoms with Crippen LogP contribution in [-0.4, -0.2) is 15.4 Å². The molecular formula is C16H14ClN4+. The van der Waals surface area contributed by atoms with E-state index in [0.29, 0.717) is 10.8 Å². The van der Waals surface area contributed by atoms with Crippen LogP contribution < -0.4 is 4.80 Å². The zero-order chi connectivity index (χ0) is 14.7. The van der Waals surface area contributed by atoms with Crippen LogP contribution in [0.4, 0.5) is 0 Å². The lowest BCUT2D eigenvalue weighted by Gasteiger charge is -1.93. The van der Waals surface area contributed by atoms with Crippen LogP contribution in [0.3, 0.4) is 0 Å². The maximum atomic E-state index is 5.98. The molecule has 0 saturated heterocycles. The molecule has 0 aliphatic heterocycles. The molecule has 5 heteroatoms. The number of tetrazole rings is 1. The molecule has 1 N–H and O–H groups in total. The smallest absolute Gasteiger partial charge is 0.0842 e. The molecule has 0 atom stereocenters. The predicted octanol–water partition coefficient (Wildman–Crippen LogP) is 3.30. The quantitative estimate of drug-likeness (QED) is 0.754. The topological polar surface area (TPSA) is 45.5 Å². The Balaban J connectivity index is 1.90. The van der Waals surface area contributed by atoms with Gasteiger partial charge in [0.2, 0.25) is 0 Å². The lowest BCUT2D eigenvalue weighted by molar-refractivity contribution is -0.717. The van der Waals surface area contributed by atoms with Crippen molar-refractivity contribution in [2.45, 2.75) is 6.92 Å². The molecule has 3 aromatic rings. The highest BCUT2D eigenvalue weighted by molar-refractivity contribution is 6.30. The van der Waals surface area contributed by atoms with Gasteiger partial charge in [0.25, 0.3) is 0 Å². The Morgan fingerprint density at radius 2 is 1.95 bits per heavy atom. The lowest BCUT2D eigenvalue weighted by Crippen LogP contribution is -2.36. The molecule has 0 unspecified atom stereocenters. The van der Waals surface area contributed by atoms with Gasteiger partial charge in [0.05, 0.1) is 5.10 Å². The van der Waals surface area contributed by atoms with Crippen molar-refractivity contribution >= 4 is 23.3 Å². The third-order valence-corrected chi connectivity index (χ3v) is 3.27. The number of halogens is 1. The second kappa shape index (κ2) is 5.89. The number of H-pyrrole nitrogens is 1. The fourth-order valence-corrected chi connectivity index (χ4v) is 2.17. The van der Waals surface area contributed by atoms with Crippen LogP contribution in [0.25, 0.3) is 17.3 Å². The van der Waals surface area contributed by atoms with Gasteiger partial charge in [-0.3, -0.25) is 0 Å². The summed E-state index contributed by atoms with van der Waals surface area (Å²) in [6.45, 7) is 1.98. The molecule has 1 aromatic heterocycles. The van der Waals surface area contributed by atoms with Gasteiger partial charge in [0.15, 0.2) is 5.69 Å². The molecule has 0 aliphatic rings. The summed E-state index contributed by atoms with van der Waals surface area (Å²) in [4.78, 5) is 1.60. The Hall–Kier alpha value is -2.46. The van der Waals surface area contributed by atoms with E-state index in [0.717, 1.165) is 16.8 Å². The molecule has 0 radical (unpaired) electrons. The Kier molecular flexibility index (Phi) is 3.79. The molecule has 0 aliphatic carbocycles. The van der Waals surface area contributed by atoms with Gasteiger partial charge in [-0.05, 0) is 45.8 Å². The zero-order valence-corrected chi connectivity index (χ0v) is 12.2. The molecule has 4 nitrogen and oxygen atoms in total. The summed E-state index contributed by atoms with van der Waals surface area (Å²) in [6.07, 6.45) is 2.05. The second-order valence-corrected chi connectivity index (χ2v) is 5.10. The summed E-state index contributed by atoms with van der Waals surface area (Å²) in [5, 5.41) is 12.2. The van der Waals surface area contributed by atoms with Crippen LogP contribution in [0.2, 0.25) is 5.02 Å². The number of rotatable bonds is 3. The van der Waals surface area contributed by atoms with Crippen molar-refractivity contribution < 1.29 is 4.80 Å². The zero-order valence-electron chi connectivity index (χ0n) is 11.5. The maximum absolute atomic E-state index is 5.98. The van der Waals surface area contributed by atoms with Crippen molar-refractivity contribution in [1.82, 2.24) is 15.4 Å². The van der Waals surface area contributed by atoms with Crippen molar-refractivity contribution in [1.29, 1.82) is 0 Å². The van der Waals surface area contributed by atoms with Crippen LogP contribution >= 0.6 is 11.6 Å².